The van der Waals surface area contributed by atoms with Gasteiger partial charge in [-0.3, -0.25) is 4.79 Å². The zero-order valence-corrected chi connectivity index (χ0v) is 16.9. The summed E-state index contributed by atoms with van der Waals surface area (Å²) >= 11 is 1.52. The van der Waals surface area contributed by atoms with E-state index in [1.165, 1.54) is 36.6 Å². The number of amidine groups is 1. The molecule has 0 radical (unpaired) electrons. The Morgan fingerprint density at radius 2 is 1.78 bits per heavy atom. The van der Waals surface area contributed by atoms with E-state index in [4.69, 9.17) is 4.99 Å². The number of hydrogen-bond acceptors (Lipinski definition) is 3. The van der Waals surface area contributed by atoms with E-state index < -0.39 is 0 Å². The lowest BCUT2D eigenvalue weighted by Crippen LogP contribution is -2.34. The fourth-order valence-electron chi connectivity index (χ4n) is 3.10. The topological polar surface area (TPSA) is 44.7 Å². The fourth-order valence-corrected chi connectivity index (χ4v) is 3.96. The van der Waals surface area contributed by atoms with Gasteiger partial charge in [-0.15, -0.1) is 0 Å². The summed E-state index contributed by atoms with van der Waals surface area (Å²) in [6.45, 7) is 6.11. The number of aryl methyl sites for hydroxylation is 1. The molecular weight excluding hydrogens is 354 g/mol. The maximum absolute atomic E-state index is 12.5. The number of amides is 1. The van der Waals surface area contributed by atoms with Gasteiger partial charge < -0.3 is 10.2 Å². The predicted molar refractivity (Wildman–Crippen MR) is 116 cm³/mol. The van der Waals surface area contributed by atoms with Gasteiger partial charge in [0.25, 0.3) is 0 Å². The van der Waals surface area contributed by atoms with Crippen LogP contribution in [0.5, 0.6) is 0 Å². The van der Waals surface area contributed by atoms with Crippen LogP contribution in [0, 0.1) is 13.8 Å². The Bertz CT molecular complexity index is 798. The van der Waals surface area contributed by atoms with E-state index in [2.05, 4.69) is 23.2 Å². The second kappa shape index (κ2) is 9.60. The van der Waals surface area contributed by atoms with Gasteiger partial charge in [-0.1, -0.05) is 42.1 Å². The summed E-state index contributed by atoms with van der Waals surface area (Å²) in [5.41, 5.74) is 4.12. The number of carbonyl (C=O) groups is 1. The predicted octanol–water partition coefficient (Wildman–Crippen LogP) is 5.15. The number of thioether (sulfide) groups is 1. The molecule has 1 heterocycles. The normalized spacial score (nSPS) is 14.9. The van der Waals surface area contributed by atoms with Gasteiger partial charge >= 0.3 is 0 Å². The lowest BCUT2D eigenvalue weighted by Gasteiger charge is -2.29. The Balaban J connectivity index is 1.67. The summed E-state index contributed by atoms with van der Waals surface area (Å²) < 4.78 is 0. The molecule has 0 unspecified atom stereocenters. The third kappa shape index (κ3) is 5.60. The monoisotopic (exact) mass is 381 g/mol. The van der Waals surface area contributed by atoms with Gasteiger partial charge in [0.1, 0.15) is 0 Å². The molecular formula is C22H27N3OS. The number of rotatable bonds is 4. The fraction of sp³-hybridized carbons (Fsp3) is 0.364. The summed E-state index contributed by atoms with van der Waals surface area (Å²) in [5.74, 6) is 0.363. The molecule has 1 aliphatic rings. The molecule has 0 saturated carbocycles. The van der Waals surface area contributed by atoms with Crippen molar-refractivity contribution in [1.29, 1.82) is 0 Å². The van der Waals surface area contributed by atoms with Crippen molar-refractivity contribution in [2.45, 2.75) is 33.1 Å². The Hall–Kier alpha value is -2.27. The number of hydrogen-bond donors (Lipinski definition) is 1. The number of aliphatic imine (C=N–C) groups is 1. The first kappa shape index (κ1) is 19.5. The highest BCUT2D eigenvalue weighted by Gasteiger charge is 2.17. The molecule has 0 bridgehead atoms. The zero-order valence-electron chi connectivity index (χ0n) is 16.1. The molecule has 0 aliphatic carbocycles. The number of nitrogens with one attached hydrogen (secondary N) is 1. The molecule has 1 amide bonds. The van der Waals surface area contributed by atoms with Crippen molar-refractivity contribution < 1.29 is 4.79 Å². The molecule has 1 N–H and O–H groups in total. The van der Waals surface area contributed by atoms with Crippen molar-refractivity contribution in [3.63, 3.8) is 0 Å². The number of nitrogens with zero attached hydrogens (tertiary/aromatic N) is 2. The Morgan fingerprint density at radius 3 is 2.52 bits per heavy atom. The van der Waals surface area contributed by atoms with Crippen LogP contribution < -0.4 is 5.32 Å². The molecule has 0 atom stereocenters. The number of benzene rings is 2. The van der Waals surface area contributed by atoms with Crippen LogP contribution in [0.2, 0.25) is 0 Å². The average Bonchev–Trinajstić information content (AvgIpc) is 2.70. The molecule has 3 rings (SSSR count). The summed E-state index contributed by atoms with van der Waals surface area (Å²) in [6, 6.07) is 16.0. The largest absolute Gasteiger partial charge is 0.351 e. The molecule has 0 aromatic heterocycles. The number of anilines is 1. The van der Waals surface area contributed by atoms with Crippen LogP contribution in [0.3, 0.4) is 0 Å². The van der Waals surface area contributed by atoms with E-state index in [-0.39, 0.29) is 5.91 Å². The van der Waals surface area contributed by atoms with E-state index in [1.807, 2.05) is 49.4 Å². The van der Waals surface area contributed by atoms with Crippen molar-refractivity contribution in [1.82, 2.24) is 4.90 Å². The molecule has 5 heteroatoms. The van der Waals surface area contributed by atoms with Crippen LogP contribution in [0.1, 0.15) is 30.4 Å². The van der Waals surface area contributed by atoms with Gasteiger partial charge in [-0.25, -0.2) is 4.99 Å². The maximum Gasteiger partial charge on any atom is 0.234 e. The first-order chi connectivity index (χ1) is 13.1. The van der Waals surface area contributed by atoms with Crippen LogP contribution in [-0.4, -0.2) is 34.8 Å². The molecule has 2 aromatic rings. The van der Waals surface area contributed by atoms with Gasteiger partial charge in [0, 0.05) is 18.8 Å². The lowest BCUT2D eigenvalue weighted by molar-refractivity contribution is -0.113. The van der Waals surface area contributed by atoms with Crippen LogP contribution in [-0.2, 0) is 4.79 Å². The molecule has 1 saturated heterocycles. The summed E-state index contributed by atoms with van der Waals surface area (Å²) in [5, 5.41) is 3.98. The zero-order chi connectivity index (χ0) is 19.1. The smallest absolute Gasteiger partial charge is 0.234 e. The van der Waals surface area contributed by atoms with Gasteiger partial charge in [-0.05, 0) is 62.4 Å². The second-order valence-electron chi connectivity index (χ2n) is 6.86. The van der Waals surface area contributed by atoms with Gasteiger partial charge in [0.2, 0.25) is 5.91 Å². The highest BCUT2D eigenvalue weighted by Crippen LogP contribution is 2.22. The minimum Gasteiger partial charge on any atom is -0.351 e. The van der Waals surface area contributed by atoms with E-state index in [0.717, 1.165) is 35.2 Å². The Morgan fingerprint density at radius 1 is 1.04 bits per heavy atom. The van der Waals surface area contributed by atoms with Gasteiger partial charge in [0.05, 0.1) is 11.4 Å². The number of piperidine rings is 1. The van der Waals surface area contributed by atoms with E-state index >= 15 is 0 Å². The van der Waals surface area contributed by atoms with Crippen molar-refractivity contribution in [2.75, 3.05) is 24.2 Å². The van der Waals surface area contributed by atoms with Crippen molar-refractivity contribution in [3.05, 3.63) is 59.7 Å². The minimum absolute atomic E-state index is 0.00599. The minimum atomic E-state index is 0.00599. The second-order valence-corrected chi connectivity index (χ2v) is 7.80. The third-order valence-corrected chi connectivity index (χ3v) is 5.83. The van der Waals surface area contributed by atoms with Crippen molar-refractivity contribution in [3.8, 4) is 0 Å². The molecule has 27 heavy (non-hydrogen) atoms. The molecule has 2 aromatic carbocycles. The number of para-hydroxylation sites is 1. The number of likely N-dealkylation sites (tertiary alicyclic amines) is 1. The average molecular weight is 382 g/mol. The van der Waals surface area contributed by atoms with Crippen LogP contribution in [0.15, 0.2) is 53.5 Å². The van der Waals surface area contributed by atoms with E-state index in [9.17, 15) is 4.79 Å². The van der Waals surface area contributed by atoms with E-state index in [1.54, 1.807) is 0 Å². The summed E-state index contributed by atoms with van der Waals surface area (Å²) in [4.78, 5) is 19.6. The van der Waals surface area contributed by atoms with Crippen LogP contribution in [0.4, 0.5) is 11.4 Å². The first-order valence-electron chi connectivity index (χ1n) is 9.51. The Labute approximate surface area is 166 Å². The molecule has 1 aliphatic heterocycles. The molecule has 142 valence electrons. The SMILES string of the molecule is Cc1cccc(NC(=O)CSC(=Nc2ccccc2)N2CCCCC2)c1C. The summed E-state index contributed by atoms with van der Waals surface area (Å²) in [6.07, 6.45) is 3.64. The van der Waals surface area contributed by atoms with Gasteiger partial charge in [-0.2, -0.15) is 0 Å². The van der Waals surface area contributed by atoms with Gasteiger partial charge in [0.15, 0.2) is 5.17 Å². The third-order valence-electron chi connectivity index (χ3n) is 4.82. The Kier molecular flexibility index (Phi) is 6.93. The molecule has 1 fully saturated rings. The van der Waals surface area contributed by atoms with Crippen molar-refractivity contribution in [2.24, 2.45) is 4.99 Å². The first-order valence-corrected chi connectivity index (χ1v) is 10.5. The van der Waals surface area contributed by atoms with Crippen LogP contribution in [0.25, 0.3) is 0 Å². The maximum atomic E-state index is 12.5. The molecule has 4 nitrogen and oxygen atoms in total. The number of carbonyl (C=O) groups excluding carboxylic acids is 1. The van der Waals surface area contributed by atoms with E-state index in [0.29, 0.717) is 5.75 Å². The highest BCUT2D eigenvalue weighted by atomic mass is 32.2. The quantitative estimate of drug-likeness (QED) is 0.588. The molecule has 0 spiro atoms. The van der Waals surface area contributed by atoms with Crippen LogP contribution >= 0.6 is 11.8 Å². The van der Waals surface area contributed by atoms with Crippen molar-refractivity contribution >= 4 is 34.2 Å². The summed E-state index contributed by atoms with van der Waals surface area (Å²) in [7, 11) is 0. The lowest BCUT2D eigenvalue weighted by atomic mass is 10.1. The standard InChI is InChI=1S/C22H27N3OS/c1-17-10-9-13-20(18(17)2)24-21(26)16-27-22(25-14-7-4-8-15-25)23-19-11-5-3-6-12-19/h3,5-6,9-13H,4,7-8,14-16H2,1-2H3,(H,24,26). The highest BCUT2D eigenvalue weighted by molar-refractivity contribution is 8.14.